The highest BCUT2D eigenvalue weighted by Gasteiger charge is 2.31. The molecule has 0 saturated heterocycles. The van der Waals surface area contributed by atoms with Gasteiger partial charge in [-0.05, 0) is 34.7 Å². The van der Waals surface area contributed by atoms with E-state index >= 15 is 0 Å². The number of benzene rings is 1. The van der Waals surface area contributed by atoms with E-state index in [-0.39, 0.29) is 29.4 Å². The topological polar surface area (TPSA) is 95.9 Å². The normalized spacial score (nSPS) is 14.1. The van der Waals surface area contributed by atoms with E-state index in [0.717, 1.165) is 11.0 Å². The number of hydrogen-bond acceptors (Lipinski definition) is 6. The fraction of sp³-hybridized carbons (Fsp3) is 0.214. The van der Waals surface area contributed by atoms with Gasteiger partial charge in [-0.3, -0.25) is 14.5 Å². The van der Waals surface area contributed by atoms with Crippen molar-refractivity contribution < 1.29 is 24.2 Å². The third kappa shape index (κ3) is 3.48. The lowest BCUT2D eigenvalue weighted by molar-refractivity contribution is -0.137. The average Bonchev–Trinajstić information content (AvgIpc) is 2.79. The van der Waals surface area contributed by atoms with Gasteiger partial charge in [-0.25, -0.2) is 4.79 Å². The van der Waals surface area contributed by atoms with E-state index in [9.17, 15) is 14.4 Å². The molecule has 0 bridgehead atoms. The van der Waals surface area contributed by atoms with Gasteiger partial charge in [-0.15, -0.1) is 0 Å². The minimum atomic E-state index is -0.570. The quantitative estimate of drug-likeness (QED) is 0.400. The lowest BCUT2D eigenvalue weighted by atomic mass is 10.2. The van der Waals surface area contributed by atoms with Gasteiger partial charge >= 0.3 is 5.97 Å². The zero-order valence-corrected chi connectivity index (χ0v) is 14.8. The second kappa shape index (κ2) is 7.28. The van der Waals surface area contributed by atoms with E-state index in [1.807, 2.05) is 22.6 Å². The molecule has 0 saturated carbocycles. The number of aliphatic hydroxyl groups excluding tert-OH is 1. The van der Waals surface area contributed by atoms with Crippen LogP contribution in [0.25, 0.3) is 0 Å². The van der Waals surface area contributed by atoms with Gasteiger partial charge < -0.3 is 15.2 Å². The van der Waals surface area contributed by atoms with Gasteiger partial charge in [0.25, 0.3) is 11.8 Å². The lowest BCUT2D eigenvalue weighted by Crippen LogP contribution is -2.34. The van der Waals surface area contributed by atoms with Crippen molar-refractivity contribution in [2.45, 2.75) is 0 Å². The van der Waals surface area contributed by atoms with Crippen LogP contribution < -0.4 is 5.32 Å². The molecule has 1 aliphatic rings. The Morgan fingerprint density at radius 1 is 1.43 bits per heavy atom. The van der Waals surface area contributed by atoms with Crippen molar-refractivity contribution >= 4 is 57.7 Å². The second-order valence-electron chi connectivity index (χ2n) is 4.48. The Bertz CT molecular complexity index is 719. The van der Waals surface area contributed by atoms with E-state index in [2.05, 4.69) is 10.1 Å². The van der Waals surface area contributed by atoms with Crippen molar-refractivity contribution in [3.63, 3.8) is 0 Å². The average molecular weight is 451 g/mol. The smallest absolute Gasteiger partial charge is 0.339 e. The number of aliphatic hydroxyl groups is 1. The molecule has 2 rings (SSSR count). The highest BCUT2D eigenvalue weighted by atomic mass is 127. The third-order valence-corrected chi connectivity index (χ3v) is 4.92. The second-order valence-corrected chi connectivity index (χ2v) is 5.94. The minimum Gasteiger partial charge on any atom is -0.465 e. The molecule has 1 aromatic rings. The SMILES string of the molecule is COC(=O)c1ccc(NC2=CC(=O)N(CCO)C2=O)c(I)c1Cl. The lowest BCUT2D eigenvalue weighted by Gasteiger charge is -2.15. The molecule has 0 atom stereocenters. The van der Waals surface area contributed by atoms with Crippen LogP contribution in [0.5, 0.6) is 0 Å². The molecule has 1 aromatic carbocycles. The van der Waals surface area contributed by atoms with E-state index < -0.39 is 17.8 Å². The Balaban J connectivity index is 2.27. The van der Waals surface area contributed by atoms with Gasteiger partial charge in [0.2, 0.25) is 0 Å². The number of carbonyl (C=O) groups excluding carboxylic acids is 3. The van der Waals surface area contributed by atoms with Gasteiger partial charge in [-0.1, -0.05) is 11.6 Å². The van der Waals surface area contributed by atoms with Crippen molar-refractivity contribution in [1.82, 2.24) is 4.90 Å². The van der Waals surface area contributed by atoms with Gasteiger partial charge in [0, 0.05) is 6.08 Å². The van der Waals surface area contributed by atoms with E-state index in [1.54, 1.807) is 6.07 Å². The molecule has 1 aliphatic heterocycles. The maximum atomic E-state index is 12.1. The predicted molar refractivity (Wildman–Crippen MR) is 91.0 cm³/mol. The van der Waals surface area contributed by atoms with Crippen LogP contribution in [0.4, 0.5) is 5.69 Å². The summed E-state index contributed by atoms with van der Waals surface area (Å²) in [5.74, 6) is -1.60. The molecular formula is C14H12ClIN2O5. The number of imide groups is 1. The van der Waals surface area contributed by atoms with Crippen molar-refractivity contribution in [3.8, 4) is 0 Å². The first-order chi connectivity index (χ1) is 10.9. The maximum absolute atomic E-state index is 12.1. The first kappa shape index (κ1) is 17.7. The molecule has 0 radical (unpaired) electrons. The van der Waals surface area contributed by atoms with Gasteiger partial charge in [0.05, 0.1) is 40.1 Å². The van der Waals surface area contributed by atoms with Gasteiger partial charge in [0.1, 0.15) is 5.70 Å². The van der Waals surface area contributed by atoms with Crippen LogP contribution >= 0.6 is 34.2 Å². The van der Waals surface area contributed by atoms with Crippen molar-refractivity contribution in [3.05, 3.63) is 38.1 Å². The van der Waals surface area contributed by atoms with Crippen LogP contribution in [0, 0.1) is 3.57 Å². The third-order valence-electron chi connectivity index (χ3n) is 3.09. The maximum Gasteiger partial charge on any atom is 0.339 e. The van der Waals surface area contributed by atoms with Crippen molar-refractivity contribution in [2.75, 3.05) is 25.6 Å². The molecule has 122 valence electrons. The molecule has 1 heterocycles. The number of anilines is 1. The molecule has 2 N–H and O–H groups in total. The minimum absolute atomic E-state index is 0.0710. The summed E-state index contributed by atoms with van der Waals surface area (Å²) in [6.45, 7) is -0.381. The monoisotopic (exact) mass is 450 g/mol. The fourth-order valence-corrected chi connectivity index (χ4v) is 2.82. The Morgan fingerprint density at radius 3 is 2.74 bits per heavy atom. The molecule has 0 fully saturated rings. The number of carbonyl (C=O) groups is 3. The predicted octanol–water partition coefficient (Wildman–Crippen LogP) is 1.39. The number of amides is 2. The summed E-state index contributed by atoms with van der Waals surface area (Å²) >= 11 is 8.06. The zero-order valence-electron chi connectivity index (χ0n) is 11.9. The van der Waals surface area contributed by atoms with Crippen molar-refractivity contribution in [2.24, 2.45) is 0 Å². The number of rotatable bonds is 5. The van der Waals surface area contributed by atoms with Crippen molar-refractivity contribution in [1.29, 1.82) is 0 Å². The number of ether oxygens (including phenoxy) is 1. The van der Waals surface area contributed by atoms with E-state index in [1.165, 1.54) is 13.2 Å². The number of hydrogen-bond donors (Lipinski definition) is 2. The summed E-state index contributed by atoms with van der Waals surface area (Å²) in [4.78, 5) is 36.3. The summed E-state index contributed by atoms with van der Waals surface area (Å²) < 4.78 is 5.14. The Hall–Kier alpha value is -1.65. The largest absolute Gasteiger partial charge is 0.465 e. The molecule has 0 aromatic heterocycles. The molecule has 7 nitrogen and oxygen atoms in total. The summed E-state index contributed by atoms with van der Waals surface area (Å²) in [6, 6.07) is 3.03. The number of halogens is 2. The molecule has 9 heteroatoms. The summed E-state index contributed by atoms with van der Waals surface area (Å²) in [6.07, 6.45) is 1.15. The summed E-state index contributed by atoms with van der Waals surface area (Å²) in [5, 5.41) is 11.9. The number of methoxy groups -OCH3 is 1. The molecular weight excluding hydrogens is 439 g/mol. The standard InChI is InChI=1S/C14H12ClIN2O5/c1-23-14(22)7-2-3-8(12(16)11(7)15)17-9-6-10(20)18(4-5-19)13(9)21/h2-3,6,17,19H,4-5H2,1H3. The fourth-order valence-electron chi connectivity index (χ4n) is 1.97. The Morgan fingerprint density at radius 2 is 2.13 bits per heavy atom. The molecule has 0 unspecified atom stereocenters. The summed E-state index contributed by atoms with van der Waals surface area (Å²) in [7, 11) is 1.25. The van der Waals surface area contributed by atoms with Crippen LogP contribution in [-0.4, -0.2) is 48.1 Å². The van der Waals surface area contributed by atoms with E-state index in [0.29, 0.717) is 9.26 Å². The zero-order chi connectivity index (χ0) is 17.1. The first-order valence-electron chi connectivity index (χ1n) is 6.42. The summed E-state index contributed by atoms with van der Waals surface area (Å²) in [5.41, 5.74) is 0.749. The molecule has 0 spiro atoms. The van der Waals surface area contributed by atoms with Crippen LogP contribution in [-0.2, 0) is 14.3 Å². The highest BCUT2D eigenvalue weighted by Crippen LogP contribution is 2.31. The number of nitrogens with zero attached hydrogens (tertiary/aromatic N) is 1. The van der Waals surface area contributed by atoms with Crippen LogP contribution in [0.15, 0.2) is 23.9 Å². The Kier molecular flexibility index (Phi) is 5.60. The molecule has 2 amide bonds. The van der Waals surface area contributed by atoms with Crippen LogP contribution in [0.3, 0.4) is 0 Å². The molecule has 23 heavy (non-hydrogen) atoms. The van der Waals surface area contributed by atoms with E-state index in [4.69, 9.17) is 16.7 Å². The number of nitrogens with one attached hydrogen (secondary N) is 1. The highest BCUT2D eigenvalue weighted by molar-refractivity contribution is 14.1. The van der Waals surface area contributed by atoms with Crippen LogP contribution in [0.1, 0.15) is 10.4 Å². The first-order valence-corrected chi connectivity index (χ1v) is 7.88. The Labute approximate surface area is 150 Å². The molecule has 0 aliphatic carbocycles. The van der Waals surface area contributed by atoms with Gasteiger partial charge in [-0.2, -0.15) is 0 Å². The van der Waals surface area contributed by atoms with Crippen LogP contribution in [0.2, 0.25) is 5.02 Å². The number of β-amino-alcohol motifs (C(OH)–C–C–N with tert-alkyl or cyclic N) is 1. The van der Waals surface area contributed by atoms with Gasteiger partial charge in [0.15, 0.2) is 0 Å². The number of esters is 1.